The highest BCUT2D eigenvalue weighted by molar-refractivity contribution is 14.0. The molecule has 0 unspecified atom stereocenters. The minimum Gasteiger partial charge on any atom is -0.356 e. The second-order valence-electron chi connectivity index (χ2n) is 6.68. The van der Waals surface area contributed by atoms with Gasteiger partial charge in [-0.2, -0.15) is 5.10 Å². The summed E-state index contributed by atoms with van der Waals surface area (Å²) in [6.07, 6.45) is 2.74. The molecular formula is C19H28ClFIN5. The van der Waals surface area contributed by atoms with Gasteiger partial charge in [0.05, 0.1) is 5.69 Å². The Morgan fingerprint density at radius 3 is 2.67 bits per heavy atom. The number of guanidine groups is 1. The van der Waals surface area contributed by atoms with Crippen molar-refractivity contribution >= 4 is 41.5 Å². The maximum absolute atomic E-state index is 13.1. The highest BCUT2D eigenvalue weighted by atomic mass is 127. The first-order valence-corrected chi connectivity index (χ1v) is 9.07. The zero-order chi connectivity index (χ0) is 19.3. The first-order valence-electron chi connectivity index (χ1n) is 8.70. The highest BCUT2D eigenvalue weighted by Crippen LogP contribution is 2.19. The molecule has 0 saturated heterocycles. The van der Waals surface area contributed by atoms with E-state index in [1.165, 1.54) is 17.7 Å². The summed E-state index contributed by atoms with van der Waals surface area (Å²) in [6, 6.07) is 4.49. The van der Waals surface area contributed by atoms with Gasteiger partial charge in [0.25, 0.3) is 0 Å². The normalized spacial score (nSPS) is 11.5. The van der Waals surface area contributed by atoms with Crippen molar-refractivity contribution in [3.8, 4) is 0 Å². The van der Waals surface area contributed by atoms with Crippen LogP contribution in [0.2, 0.25) is 5.02 Å². The summed E-state index contributed by atoms with van der Waals surface area (Å²) in [5, 5.41) is 8.33. The number of rotatable bonds is 6. The molecule has 1 aromatic heterocycles. The molecule has 5 nitrogen and oxygen atoms in total. The van der Waals surface area contributed by atoms with Gasteiger partial charge in [0.2, 0.25) is 0 Å². The van der Waals surface area contributed by atoms with Crippen LogP contribution in [0.25, 0.3) is 0 Å². The number of nitrogens with zero attached hydrogens (tertiary/aromatic N) is 4. The first-order chi connectivity index (χ1) is 12.3. The first kappa shape index (κ1) is 23.7. The third kappa shape index (κ3) is 6.64. The second-order valence-corrected chi connectivity index (χ2v) is 7.09. The Bertz CT molecular complexity index is 775. The van der Waals surface area contributed by atoms with E-state index in [1.807, 2.05) is 18.8 Å². The summed E-state index contributed by atoms with van der Waals surface area (Å²) < 4.78 is 15.0. The summed E-state index contributed by atoms with van der Waals surface area (Å²) in [7, 11) is 5.70. The zero-order valence-electron chi connectivity index (χ0n) is 16.5. The standard InChI is InChI=1S/C19H27ClFN5.HI/c1-13(2)18-15(12-26(5)24-18)11-25(4)19(22-3)23-9-8-14-6-7-16(21)10-17(14)20;/h6-7,10,12-13H,8-9,11H2,1-5H3,(H,22,23);1H. The van der Waals surface area contributed by atoms with Gasteiger partial charge in [0, 0.05) is 51.0 Å². The van der Waals surface area contributed by atoms with Crippen LogP contribution in [0.5, 0.6) is 0 Å². The number of hydrogen-bond acceptors (Lipinski definition) is 2. The van der Waals surface area contributed by atoms with Gasteiger partial charge in [-0.25, -0.2) is 4.39 Å². The summed E-state index contributed by atoms with van der Waals surface area (Å²) >= 11 is 6.08. The minimum absolute atomic E-state index is 0. The second kappa shape index (κ2) is 10.8. The Labute approximate surface area is 183 Å². The Kier molecular flexibility index (Phi) is 9.52. The minimum atomic E-state index is -0.320. The molecule has 0 atom stereocenters. The average molecular weight is 508 g/mol. The fraction of sp³-hybridized carbons (Fsp3) is 0.474. The Balaban J connectivity index is 0.00000364. The maximum atomic E-state index is 13.1. The van der Waals surface area contributed by atoms with E-state index in [-0.39, 0.29) is 29.8 Å². The van der Waals surface area contributed by atoms with Gasteiger partial charge >= 0.3 is 0 Å². The quantitative estimate of drug-likeness (QED) is 0.362. The molecule has 0 aliphatic rings. The predicted octanol–water partition coefficient (Wildman–Crippen LogP) is 4.20. The summed E-state index contributed by atoms with van der Waals surface area (Å²) in [4.78, 5) is 6.41. The van der Waals surface area contributed by atoms with Crippen LogP contribution < -0.4 is 5.32 Å². The number of aliphatic imine (C=N–C) groups is 1. The lowest BCUT2D eigenvalue weighted by Crippen LogP contribution is -2.39. The molecule has 1 N–H and O–H groups in total. The molecular weight excluding hydrogens is 480 g/mol. The van der Waals surface area contributed by atoms with Crippen LogP contribution in [0.1, 0.15) is 36.6 Å². The lowest BCUT2D eigenvalue weighted by molar-refractivity contribution is 0.474. The van der Waals surface area contributed by atoms with Crippen molar-refractivity contribution < 1.29 is 4.39 Å². The molecule has 150 valence electrons. The van der Waals surface area contributed by atoms with E-state index in [2.05, 4.69) is 40.4 Å². The summed E-state index contributed by atoms with van der Waals surface area (Å²) in [5.41, 5.74) is 3.20. The molecule has 1 aromatic carbocycles. The Morgan fingerprint density at radius 1 is 1.37 bits per heavy atom. The monoisotopic (exact) mass is 507 g/mol. The average Bonchev–Trinajstić information content (AvgIpc) is 2.93. The fourth-order valence-corrected chi connectivity index (χ4v) is 3.17. The molecule has 0 bridgehead atoms. The van der Waals surface area contributed by atoms with E-state index in [9.17, 15) is 4.39 Å². The molecule has 1 heterocycles. The Morgan fingerprint density at radius 2 is 2.07 bits per heavy atom. The molecule has 0 saturated carbocycles. The van der Waals surface area contributed by atoms with Gasteiger partial charge in [0.1, 0.15) is 5.82 Å². The number of aryl methyl sites for hydroxylation is 1. The third-order valence-electron chi connectivity index (χ3n) is 4.16. The van der Waals surface area contributed by atoms with Crippen molar-refractivity contribution in [2.24, 2.45) is 12.0 Å². The molecule has 8 heteroatoms. The van der Waals surface area contributed by atoms with Crippen LogP contribution in [-0.4, -0.2) is 41.3 Å². The topological polar surface area (TPSA) is 45.5 Å². The van der Waals surface area contributed by atoms with E-state index < -0.39 is 0 Å². The van der Waals surface area contributed by atoms with Gasteiger partial charge in [-0.15, -0.1) is 24.0 Å². The van der Waals surface area contributed by atoms with E-state index in [0.29, 0.717) is 23.9 Å². The molecule has 27 heavy (non-hydrogen) atoms. The van der Waals surface area contributed by atoms with Gasteiger partial charge in [-0.1, -0.05) is 31.5 Å². The van der Waals surface area contributed by atoms with E-state index in [1.54, 1.807) is 13.1 Å². The highest BCUT2D eigenvalue weighted by Gasteiger charge is 2.15. The number of halogens is 3. The molecule has 0 radical (unpaired) electrons. The number of benzene rings is 1. The van der Waals surface area contributed by atoms with E-state index in [0.717, 1.165) is 23.8 Å². The predicted molar refractivity (Wildman–Crippen MR) is 121 cm³/mol. The molecule has 2 aromatic rings. The largest absolute Gasteiger partial charge is 0.356 e. The summed E-state index contributed by atoms with van der Waals surface area (Å²) in [6.45, 7) is 5.67. The fourth-order valence-electron chi connectivity index (χ4n) is 2.91. The zero-order valence-corrected chi connectivity index (χ0v) is 19.5. The molecule has 2 rings (SSSR count). The van der Waals surface area contributed by atoms with Crippen LogP contribution in [0.3, 0.4) is 0 Å². The number of aromatic nitrogens is 2. The van der Waals surface area contributed by atoms with Gasteiger partial charge in [-0.3, -0.25) is 9.67 Å². The lowest BCUT2D eigenvalue weighted by atomic mass is 10.1. The van der Waals surface area contributed by atoms with Crippen molar-refractivity contribution in [1.82, 2.24) is 20.0 Å². The van der Waals surface area contributed by atoms with Gasteiger partial charge < -0.3 is 10.2 Å². The third-order valence-corrected chi connectivity index (χ3v) is 4.51. The van der Waals surface area contributed by atoms with Crippen molar-refractivity contribution in [3.63, 3.8) is 0 Å². The van der Waals surface area contributed by atoms with Crippen LogP contribution in [0.15, 0.2) is 29.4 Å². The van der Waals surface area contributed by atoms with E-state index in [4.69, 9.17) is 11.6 Å². The van der Waals surface area contributed by atoms with Gasteiger partial charge in [-0.05, 0) is 30.0 Å². The van der Waals surface area contributed by atoms with Crippen molar-refractivity contribution in [2.75, 3.05) is 20.6 Å². The van der Waals surface area contributed by atoms with Crippen LogP contribution in [0.4, 0.5) is 4.39 Å². The smallest absolute Gasteiger partial charge is 0.193 e. The SMILES string of the molecule is CN=C(NCCc1ccc(F)cc1Cl)N(C)Cc1cn(C)nc1C(C)C.I. The lowest BCUT2D eigenvalue weighted by Gasteiger charge is -2.22. The van der Waals surface area contributed by atoms with Crippen molar-refractivity contribution in [2.45, 2.75) is 32.7 Å². The van der Waals surface area contributed by atoms with Crippen molar-refractivity contribution in [1.29, 1.82) is 0 Å². The molecule has 0 spiro atoms. The Hall–Kier alpha value is -1.35. The number of nitrogens with one attached hydrogen (secondary N) is 1. The molecule has 0 amide bonds. The molecule has 0 fully saturated rings. The van der Waals surface area contributed by atoms with Gasteiger partial charge in [0.15, 0.2) is 5.96 Å². The number of hydrogen-bond donors (Lipinski definition) is 1. The van der Waals surface area contributed by atoms with Crippen LogP contribution >= 0.6 is 35.6 Å². The van der Waals surface area contributed by atoms with E-state index >= 15 is 0 Å². The summed E-state index contributed by atoms with van der Waals surface area (Å²) in [5.74, 6) is 0.844. The van der Waals surface area contributed by atoms with Crippen LogP contribution in [-0.2, 0) is 20.0 Å². The molecule has 0 aliphatic carbocycles. The maximum Gasteiger partial charge on any atom is 0.193 e. The molecule has 0 aliphatic heterocycles. The van der Waals surface area contributed by atoms with Crippen molar-refractivity contribution in [3.05, 3.63) is 52.1 Å². The van der Waals surface area contributed by atoms with Crippen LogP contribution in [0, 0.1) is 5.82 Å².